The van der Waals surface area contributed by atoms with Gasteiger partial charge in [0.15, 0.2) is 12.5 Å². The predicted octanol–water partition coefficient (Wildman–Crippen LogP) is 3.53. The summed E-state index contributed by atoms with van der Waals surface area (Å²) in [7, 11) is 0. The van der Waals surface area contributed by atoms with Crippen LogP contribution in [0.25, 0.3) is 0 Å². The van der Waals surface area contributed by atoms with Crippen molar-refractivity contribution in [1.29, 1.82) is 0 Å². The smallest absolute Gasteiger partial charge is 0.225 e. The van der Waals surface area contributed by atoms with E-state index in [4.69, 9.17) is 15.2 Å². The van der Waals surface area contributed by atoms with Crippen LogP contribution in [0.5, 0.6) is 5.75 Å². The van der Waals surface area contributed by atoms with E-state index >= 15 is 0 Å². The van der Waals surface area contributed by atoms with Crippen LogP contribution in [-0.4, -0.2) is 41.7 Å². The third-order valence-electron chi connectivity index (χ3n) is 5.58. The maximum Gasteiger partial charge on any atom is 0.225 e. The molecule has 174 valence electrons. The molecule has 0 amide bonds. The normalized spacial score (nSPS) is 19.4. The number of aromatic nitrogens is 2. The fourth-order valence-corrected chi connectivity index (χ4v) is 3.73. The van der Waals surface area contributed by atoms with E-state index in [0.717, 1.165) is 23.2 Å². The summed E-state index contributed by atoms with van der Waals surface area (Å²) in [6.07, 6.45) is 1.88. The van der Waals surface area contributed by atoms with E-state index in [-0.39, 0.29) is 12.1 Å². The summed E-state index contributed by atoms with van der Waals surface area (Å²) in [4.78, 5) is 22.5. The molecule has 0 spiro atoms. The van der Waals surface area contributed by atoms with Crippen LogP contribution >= 0.6 is 0 Å². The molecule has 3 atom stereocenters. The molecule has 0 bridgehead atoms. The molecule has 8 nitrogen and oxygen atoms in total. The molecule has 1 aliphatic rings. The van der Waals surface area contributed by atoms with Gasteiger partial charge in [0.25, 0.3) is 0 Å². The van der Waals surface area contributed by atoms with Gasteiger partial charge in [0, 0.05) is 18.3 Å². The van der Waals surface area contributed by atoms with Crippen LogP contribution in [-0.2, 0) is 16.1 Å². The molecule has 0 radical (unpaired) electrons. The minimum Gasteiger partial charge on any atom is -0.493 e. The molecular weight excluding hydrogens is 406 g/mol. The molecule has 3 rings (SSSR count). The average molecular weight is 442 g/mol. The molecule has 2 heterocycles. The number of hydrogen-bond donors (Lipinski definition) is 2. The van der Waals surface area contributed by atoms with Crippen LogP contribution in [0.2, 0.25) is 0 Å². The molecule has 0 aliphatic carbocycles. The minimum atomic E-state index is -0.631. The van der Waals surface area contributed by atoms with E-state index in [2.05, 4.69) is 49.0 Å². The van der Waals surface area contributed by atoms with E-state index in [9.17, 15) is 4.79 Å². The molecule has 1 fully saturated rings. The fourth-order valence-electron chi connectivity index (χ4n) is 3.73. The Morgan fingerprint density at radius 1 is 1.28 bits per heavy atom. The van der Waals surface area contributed by atoms with Crippen molar-refractivity contribution in [2.24, 2.45) is 17.6 Å². The SMILES string of the molecule is CC(C)COc1ccc([C@H](C)Nc2nccc(N3C(C=O)OC[C@@H]3C(C)C)n2)cc1CN. The number of hydrogen-bond acceptors (Lipinski definition) is 8. The largest absolute Gasteiger partial charge is 0.493 e. The van der Waals surface area contributed by atoms with Gasteiger partial charge in [-0.1, -0.05) is 33.8 Å². The lowest BCUT2D eigenvalue weighted by Crippen LogP contribution is -2.41. The number of nitrogens with two attached hydrogens (primary N) is 1. The molecule has 8 heteroatoms. The van der Waals surface area contributed by atoms with E-state index < -0.39 is 6.23 Å². The highest BCUT2D eigenvalue weighted by Crippen LogP contribution is 2.29. The van der Waals surface area contributed by atoms with Gasteiger partial charge >= 0.3 is 0 Å². The molecule has 1 aliphatic heterocycles. The summed E-state index contributed by atoms with van der Waals surface area (Å²) in [5, 5.41) is 3.36. The number of benzene rings is 1. The van der Waals surface area contributed by atoms with Gasteiger partial charge in [-0.2, -0.15) is 4.98 Å². The van der Waals surface area contributed by atoms with Crippen LogP contribution < -0.4 is 20.7 Å². The lowest BCUT2D eigenvalue weighted by Gasteiger charge is -2.29. The van der Waals surface area contributed by atoms with Crippen molar-refractivity contribution in [2.75, 3.05) is 23.4 Å². The number of rotatable bonds is 10. The van der Waals surface area contributed by atoms with Crippen molar-refractivity contribution >= 4 is 18.1 Å². The van der Waals surface area contributed by atoms with Crippen LogP contribution in [0.4, 0.5) is 11.8 Å². The lowest BCUT2D eigenvalue weighted by molar-refractivity contribution is -0.115. The van der Waals surface area contributed by atoms with E-state index in [1.165, 1.54) is 0 Å². The third-order valence-corrected chi connectivity index (χ3v) is 5.58. The van der Waals surface area contributed by atoms with E-state index in [0.29, 0.717) is 43.4 Å². The number of carbonyl (C=O) groups is 1. The Bertz CT molecular complexity index is 905. The second kappa shape index (κ2) is 10.7. The third kappa shape index (κ3) is 5.55. The minimum absolute atomic E-state index is 0.0488. The first kappa shape index (κ1) is 23.9. The van der Waals surface area contributed by atoms with Crippen molar-refractivity contribution in [2.45, 2.75) is 59.5 Å². The summed E-state index contributed by atoms with van der Waals surface area (Å²) < 4.78 is 11.6. The Labute approximate surface area is 190 Å². The first-order valence-corrected chi connectivity index (χ1v) is 11.2. The van der Waals surface area contributed by atoms with Gasteiger partial charge in [-0.25, -0.2) is 4.98 Å². The molecule has 1 aromatic carbocycles. The topological polar surface area (TPSA) is 103 Å². The highest BCUT2D eigenvalue weighted by molar-refractivity contribution is 5.64. The molecule has 3 N–H and O–H groups in total. The first-order chi connectivity index (χ1) is 15.3. The average Bonchev–Trinajstić information content (AvgIpc) is 3.22. The predicted molar refractivity (Wildman–Crippen MR) is 126 cm³/mol. The van der Waals surface area contributed by atoms with Crippen molar-refractivity contribution < 1.29 is 14.3 Å². The Kier molecular flexibility index (Phi) is 8.04. The van der Waals surface area contributed by atoms with Crippen molar-refractivity contribution in [1.82, 2.24) is 9.97 Å². The summed E-state index contributed by atoms with van der Waals surface area (Å²) in [6.45, 7) is 12.1. The van der Waals surface area contributed by atoms with Crippen LogP contribution in [0.3, 0.4) is 0 Å². The van der Waals surface area contributed by atoms with Gasteiger partial charge in [0.1, 0.15) is 11.6 Å². The number of nitrogens with zero attached hydrogens (tertiary/aromatic N) is 3. The Morgan fingerprint density at radius 3 is 2.72 bits per heavy atom. The first-order valence-electron chi connectivity index (χ1n) is 11.2. The summed E-state index contributed by atoms with van der Waals surface area (Å²) in [5.41, 5.74) is 7.99. The summed E-state index contributed by atoms with van der Waals surface area (Å²) >= 11 is 0. The van der Waals surface area contributed by atoms with Gasteiger partial charge in [0.05, 0.1) is 25.3 Å². The van der Waals surface area contributed by atoms with E-state index in [1.54, 1.807) is 6.20 Å². The van der Waals surface area contributed by atoms with Crippen LogP contribution in [0, 0.1) is 11.8 Å². The summed E-state index contributed by atoms with van der Waals surface area (Å²) in [5.74, 6) is 2.74. The standard InChI is InChI=1S/C24H35N5O3/c1-15(2)13-31-21-7-6-18(10-19(21)11-25)17(5)27-24-26-9-8-22(28-24)29-20(16(3)4)14-32-23(29)12-30/h6-10,12,15-17,20,23H,11,13-14,25H2,1-5H3,(H,26,27,28)/t17-,20+,23?/m0/s1. The zero-order valence-electron chi connectivity index (χ0n) is 19.6. The van der Waals surface area contributed by atoms with Gasteiger partial charge in [0.2, 0.25) is 5.95 Å². The number of nitrogens with one attached hydrogen (secondary N) is 1. The monoisotopic (exact) mass is 441 g/mol. The highest BCUT2D eigenvalue weighted by atomic mass is 16.5. The quantitative estimate of drug-likeness (QED) is 0.540. The van der Waals surface area contributed by atoms with Gasteiger partial charge in [-0.3, -0.25) is 4.79 Å². The van der Waals surface area contributed by atoms with E-state index in [1.807, 2.05) is 30.0 Å². The number of aldehydes is 1. The zero-order chi connectivity index (χ0) is 23.3. The van der Waals surface area contributed by atoms with Crippen molar-refractivity contribution in [3.05, 3.63) is 41.6 Å². The molecule has 0 saturated carbocycles. The zero-order valence-corrected chi connectivity index (χ0v) is 19.6. The van der Waals surface area contributed by atoms with Crippen LogP contribution in [0.15, 0.2) is 30.5 Å². The fraction of sp³-hybridized carbons (Fsp3) is 0.542. The number of ether oxygens (including phenoxy) is 2. The van der Waals surface area contributed by atoms with Crippen molar-refractivity contribution in [3.63, 3.8) is 0 Å². The molecule has 1 saturated heterocycles. The molecule has 1 unspecified atom stereocenters. The Balaban J connectivity index is 1.77. The Hall–Kier alpha value is -2.71. The molecular formula is C24H35N5O3. The lowest BCUT2D eigenvalue weighted by atomic mass is 10.0. The molecule has 2 aromatic rings. The molecule has 1 aromatic heterocycles. The van der Waals surface area contributed by atoms with Crippen molar-refractivity contribution in [3.8, 4) is 5.75 Å². The highest BCUT2D eigenvalue weighted by Gasteiger charge is 2.37. The maximum atomic E-state index is 11.5. The van der Waals surface area contributed by atoms with Gasteiger partial charge in [-0.05, 0) is 42.5 Å². The molecule has 32 heavy (non-hydrogen) atoms. The maximum absolute atomic E-state index is 11.5. The van der Waals surface area contributed by atoms with Crippen LogP contribution in [0.1, 0.15) is 51.8 Å². The number of anilines is 2. The number of carbonyl (C=O) groups excluding carboxylic acids is 1. The Morgan fingerprint density at radius 2 is 2.06 bits per heavy atom. The van der Waals surface area contributed by atoms with Gasteiger partial charge < -0.3 is 25.4 Å². The second-order valence-corrected chi connectivity index (χ2v) is 8.96. The summed E-state index contributed by atoms with van der Waals surface area (Å²) in [6, 6.07) is 7.90. The second-order valence-electron chi connectivity index (χ2n) is 8.96. The van der Waals surface area contributed by atoms with Gasteiger partial charge in [-0.15, -0.1) is 0 Å².